The molecule has 0 aliphatic heterocycles. The third-order valence-corrected chi connectivity index (χ3v) is 5.83. The van der Waals surface area contributed by atoms with Crippen LogP contribution in [-0.4, -0.2) is 21.3 Å². The number of nitro benzene ring substituents is 1. The number of hydrogen-bond donors (Lipinski definition) is 1. The zero-order valence-electron chi connectivity index (χ0n) is 16.3. The molecule has 0 spiro atoms. The van der Waals surface area contributed by atoms with Gasteiger partial charge in [0.25, 0.3) is 5.69 Å². The number of hydrogen-bond acceptors (Lipinski definition) is 6. The minimum Gasteiger partial charge on any atom is -0.455 e. The number of aryl methyl sites for hydroxylation is 2. The molecular weight excluding hydrogens is 400 g/mol. The summed E-state index contributed by atoms with van der Waals surface area (Å²) in [4.78, 5) is 17.1. The largest absolute Gasteiger partial charge is 0.455 e. The van der Waals surface area contributed by atoms with Crippen LogP contribution in [-0.2, 0) is 0 Å². The van der Waals surface area contributed by atoms with E-state index in [1.165, 1.54) is 12.1 Å². The zero-order chi connectivity index (χ0) is 21.1. The van der Waals surface area contributed by atoms with Crippen molar-refractivity contribution in [3.8, 4) is 11.3 Å². The highest BCUT2D eigenvalue weighted by molar-refractivity contribution is 7.99. The van der Waals surface area contributed by atoms with Gasteiger partial charge >= 0.3 is 0 Å². The molecule has 2 aromatic carbocycles. The van der Waals surface area contributed by atoms with Crippen molar-refractivity contribution >= 4 is 29.4 Å². The van der Waals surface area contributed by atoms with E-state index in [4.69, 9.17) is 4.42 Å². The number of furan rings is 1. The van der Waals surface area contributed by atoms with Gasteiger partial charge in [-0.15, -0.1) is 0 Å². The van der Waals surface area contributed by atoms with E-state index in [1.54, 1.807) is 30.1 Å². The molecule has 4 aromatic rings. The van der Waals surface area contributed by atoms with Gasteiger partial charge in [-0.2, -0.15) is 5.10 Å². The van der Waals surface area contributed by atoms with Crippen molar-refractivity contribution in [1.29, 1.82) is 0 Å². The number of nitrogens with zero attached hydrogens (tertiary/aromatic N) is 3. The molecule has 0 aliphatic rings. The lowest BCUT2D eigenvalue weighted by Crippen LogP contribution is -1.86. The molecular formula is C22H18N4O3S. The van der Waals surface area contributed by atoms with Crippen molar-refractivity contribution in [2.75, 3.05) is 0 Å². The molecule has 0 fully saturated rings. The van der Waals surface area contributed by atoms with Gasteiger partial charge in [-0.3, -0.25) is 20.2 Å². The highest BCUT2D eigenvalue weighted by atomic mass is 32.2. The van der Waals surface area contributed by atoms with Crippen molar-refractivity contribution in [3.63, 3.8) is 0 Å². The Labute approximate surface area is 177 Å². The van der Waals surface area contributed by atoms with E-state index in [1.807, 2.05) is 50.2 Å². The van der Waals surface area contributed by atoms with Crippen molar-refractivity contribution in [3.05, 3.63) is 87.9 Å². The second-order valence-corrected chi connectivity index (χ2v) is 7.65. The van der Waals surface area contributed by atoms with Crippen LogP contribution in [0.4, 0.5) is 11.4 Å². The van der Waals surface area contributed by atoms with E-state index < -0.39 is 4.92 Å². The van der Waals surface area contributed by atoms with E-state index in [0.29, 0.717) is 11.5 Å². The molecule has 2 aromatic heterocycles. The Kier molecular flexibility index (Phi) is 5.49. The molecule has 30 heavy (non-hydrogen) atoms. The smallest absolute Gasteiger partial charge is 0.269 e. The number of para-hydroxylation sites is 1. The molecule has 8 heteroatoms. The van der Waals surface area contributed by atoms with Crippen LogP contribution in [0.2, 0.25) is 0 Å². The van der Waals surface area contributed by atoms with Gasteiger partial charge in [0.15, 0.2) is 0 Å². The Morgan fingerprint density at radius 1 is 1.10 bits per heavy atom. The fraction of sp³-hybridized carbons (Fsp3) is 0.0909. The Bertz CT molecular complexity index is 1210. The highest BCUT2D eigenvalue weighted by Gasteiger charge is 2.11. The van der Waals surface area contributed by atoms with Gasteiger partial charge in [0, 0.05) is 28.3 Å². The first-order valence-electron chi connectivity index (χ1n) is 9.18. The predicted molar refractivity (Wildman–Crippen MR) is 117 cm³/mol. The quantitative estimate of drug-likeness (QED) is 0.232. The Morgan fingerprint density at radius 2 is 1.87 bits per heavy atom. The molecule has 0 unspecified atom stereocenters. The molecule has 150 valence electrons. The molecule has 1 N–H and O–H groups in total. The molecule has 7 nitrogen and oxygen atoms in total. The number of nitro groups is 1. The summed E-state index contributed by atoms with van der Waals surface area (Å²) in [5.74, 6) is 1.22. The second kappa shape index (κ2) is 8.38. The fourth-order valence-electron chi connectivity index (χ4n) is 2.91. The van der Waals surface area contributed by atoms with Gasteiger partial charge < -0.3 is 4.42 Å². The van der Waals surface area contributed by atoms with Crippen molar-refractivity contribution < 1.29 is 9.34 Å². The lowest BCUT2D eigenvalue weighted by molar-refractivity contribution is -0.384. The monoisotopic (exact) mass is 418 g/mol. The average molecular weight is 418 g/mol. The number of H-pyrrole nitrogens is 1. The van der Waals surface area contributed by atoms with Gasteiger partial charge in [0.2, 0.25) is 0 Å². The standard InChI is InChI=1S/C22H18N4O3S/c1-14-22(15(2)25-24-14)30-21-6-4-3-5-19(21)23-13-18-11-12-20(29-18)16-7-9-17(10-8-16)26(27)28/h3-13H,1-2H3,(H,24,25). The third kappa shape index (κ3) is 4.18. The summed E-state index contributed by atoms with van der Waals surface area (Å²) in [6.07, 6.45) is 1.67. The van der Waals surface area contributed by atoms with Gasteiger partial charge in [-0.25, -0.2) is 0 Å². The van der Waals surface area contributed by atoms with E-state index >= 15 is 0 Å². The van der Waals surface area contributed by atoms with Gasteiger partial charge in [0.05, 0.1) is 27.4 Å². The SMILES string of the molecule is Cc1n[nH]c(C)c1Sc1ccccc1N=Cc1ccc(-c2ccc([N+](=O)[O-])cc2)o1. The van der Waals surface area contributed by atoms with Crippen LogP contribution in [0, 0.1) is 24.0 Å². The first-order chi connectivity index (χ1) is 14.5. The van der Waals surface area contributed by atoms with Gasteiger partial charge in [-0.05, 0) is 50.2 Å². The maximum absolute atomic E-state index is 10.8. The van der Waals surface area contributed by atoms with Crippen LogP contribution in [0.25, 0.3) is 11.3 Å². The maximum Gasteiger partial charge on any atom is 0.269 e. The summed E-state index contributed by atoms with van der Waals surface area (Å²) in [5, 5.41) is 18.0. The molecule has 0 radical (unpaired) electrons. The summed E-state index contributed by atoms with van der Waals surface area (Å²) >= 11 is 1.62. The normalized spacial score (nSPS) is 11.3. The second-order valence-electron chi connectivity index (χ2n) is 6.60. The molecule has 0 saturated carbocycles. The van der Waals surface area contributed by atoms with E-state index in [2.05, 4.69) is 15.2 Å². The summed E-state index contributed by atoms with van der Waals surface area (Å²) in [6, 6.07) is 17.8. The Balaban J connectivity index is 1.54. The van der Waals surface area contributed by atoms with Crippen LogP contribution < -0.4 is 0 Å². The minimum atomic E-state index is -0.425. The summed E-state index contributed by atoms with van der Waals surface area (Å²) < 4.78 is 5.83. The van der Waals surface area contributed by atoms with Crippen LogP contribution in [0.5, 0.6) is 0 Å². The number of aromatic amines is 1. The highest BCUT2D eigenvalue weighted by Crippen LogP contribution is 2.37. The van der Waals surface area contributed by atoms with Crippen LogP contribution in [0.3, 0.4) is 0 Å². The zero-order valence-corrected chi connectivity index (χ0v) is 17.1. The molecule has 2 heterocycles. The topological polar surface area (TPSA) is 97.3 Å². The van der Waals surface area contributed by atoms with Crippen molar-refractivity contribution in [2.24, 2.45) is 4.99 Å². The Hall–Kier alpha value is -3.65. The summed E-state index contributed by atoms with van der Waals surface area (Å²) in [7, 11) is 0. The number of rotatable bonds is 6. The van der Waals surface area contributed by atoms with Crippen LogP contribution in [0.1, 0.15) is 17.1 Å². The number of aromatic nitrogens is 2. The molecule has 0 saturated heterocycles. The lowest BCUT2D eigenvalue weighted by atomic mass is 10.1. The predicted octanol–water partition coefficient (Wildman–Crippen LogP) is 6.10. The maximum atomic E-state index is 10.8. The third-order valence-electron chi connectivity index (χ3n) is 4.46. The van der Waals surface area contributed by atoms with Crippen LogP contribution >= 0.6 is 11.8 Å². The van der Waals surface area contributed by atoms with E-state index in [-0.39, 0.29) is 5.69 Å². The fourth-order valence-corrected chi connectivity index (χ4v) is 3.89. The van der Waals surface area contributed by atoms with E-state index in [9.17, 15) is 10.1 Å². The van der Waals surface area contributed by atoms with Gasteiger partial charge in [-0.1, -0.05) is 23.9 Å². The average Bonchev–Trinajstić information content (AvgIpc) is 3.35. The summed E-state index contributed by atoms with van der Waals surface area (Å²) in [6.45, 7) is 3.97. The first kappa shape index (κ1) is 19.7. The van der Waals surface area contributed by atoms with Crippen molar-refractivity contribution in [2.45, 2.75) is 23.6 Å². The molecule has 4 rings (SSSR count). The number of non-ortho nitro benzene ring substituents is 1. The van der Waals surface area contributed by atoms with Gasteiger partial charge in [0.1, 0.15) is 11.5 Å². The molecule has 0 amide bonds. The van der Waals surface area contributed by atoms with E-state index in [0.717, 1.165) is 32.4 Å². The summed E-state index contributed by atoms with van der Waals surface area (Å²) in [5.41, 5.74) is 3.62. The van der Waals surface area contributed by atoms with Crippen molar-refractivity contribution in [1.82, 2.24) is 10.2 Å². The van der Waals surface area contributed by atoms with Crippen LogP contribution in [0.15, 0.2) is 79.9 Å². The minimum absolute atomic E-state index is 0.0456. The first-order valence-corrected chi connectivity index (χ1v) is 10.00. The lowest BCUT2D eigenvalue weighted by Gasteiger charge is -2.05. The molecule has 0 aliphatic carbocycles. The number of nitrogens with one attached hydrogen (secondary N) is 1. The number of benzene rings is 2. The number of aliphatic imine (C=N–C) groups is 1. The Morgan fingerprint density at radius 3 is 2.57 bits per heavy atom. The molecule has 0 bridgehead atoms. The molecule has 0 atom stereocenters.